The molecule has 0 amide bonds. The topological polar surface area (TPSA) is 35.5 Å². The van der Waals surface area contributed by atoms with Gasteiger partial charge in [-0.15, -0.1) is 0 Å². The molecule has 3 heteroatoms. The van der Waals surface area contributed by atoms with Crippen molar-refractivity contribution in [2.75, 3.05) is 24.5 Å². The summed E-state index contributed by atoms with van der Waals surface area (Å²) in [6.45, 7) is 5.29. The largest absolute Gasteiger partial charge is 0.508 e. The standard InChI is InChI=1S/C11H16N2O/c1-9-8-13(7-6-12-9)10-2-4-11(14)5-3-10/h2-5,9,12,14H,6-8H2,1H3. The summed E-state index contributed by atoms with van der Waals surface area (Å²) >= 11 is 0. The Morgan fingerprint density at radius 3 is 2.71 bits per heavy atom. The van der Waals surface area contributed by atoms with E-state index < -0.39 is 0 Å². The fourth-order valence-corrected chi connectivity index (χ4v) is 1.83. The number of hydrogen-bond acceptors (Lipinski definition) is 3. The summed E-state index contributed by atoms with van der Waals surface area (Å²) in [7, 11) is 0. The molecule has 76 valence electrons. The van der Waals surface area contributed by atoms with Gasteiger partial charge in [0, 0.05) is 31.4 Å². The molecule has 2 N–H and O–H groups in total. The number of anilines is 1. The van der Waals surface area contributed by atoms with E-state index in [0.29, 0.717) is 11.8 Å². The van der Waals surface area contributed by atoms with Crippen molar-refractivity contribution in [3.63, 3.8) is 0 Å². The van der Waals surface area contributed by atoms with Crippen LogP contribution in [0, 0.1) is 0 Å². The highest BCUT2D eigenvalue weighted by Gasteiger charge is 2.15. The van der Waals surface area contributed by atoms with E-state index in [9.17, 15) is 5.11 Å². The van der Waals surface area contributed by atoms with E-state index in [1.807, 2.05) is 12.1 Å². The molecule has 0 bridgehead atoms. The molecule has 1 aliphatic heterocycles. The lowest BCUT2D eigenvalue weighted by Gasteiger charge is -2.33. The van der Waals surface area contributed by atoms with Crippen molar-refractivity contribution in [1.29, 1.82) is 0 Å². The van der Waals surface area contributed by atoms with E-state index in [1.54, 1.807) is 12.1 Å². The first-order valence-corrected chi connectivity index (χ1v) is 5.03. The highest BCUT2D eigenvalue weighted by Crippen LogP contribution is 2.19. The maximum absolute atomic E-state index is 9.18. The summed E-state index contributed by atoms with van der Waals surface area (Å²) in [6.07, 6.45) is 0. The van der Waals surface area contributed by atoms with Crippen molar-refractivity contribution >= 4 is 5.69 Å². The summed E-state index contributed by atoms with van der Waals surface area (Å²) < 4.78 is 0. The van der Waals surface area contributed by atoms with Gasteiger partial charge in [0.15, 0.2) is 0 Å². The Labute approximate surface area is 84.4 Å². The van der Waals surface area contributed by atoms with Crippen molar-refractivity contribution in [3.8, 4) is 5.75 Å². The molecule has 1 heterocycles. The zero-order valence-corrected chi connectivity index (χ0v) is 8.40. The van der Waals surface area contributed by atoms with Crippen molar-refractivity contribution in [2.45, 2.75) is 13.0 Å². The molecule has 1 fully saturated rings. The summed E-state index contributed by atoms with van der Waals surface area (Å²) in [5.74, 6) is 0.330. The Morgan fingerprint density at radius 1 is 1.36 bits per heavy atom. The van der Waals surface area contributed by atoms with Crippen molar-refractivity contribution in [3.05, 3.63) is 24.3 Å². The lowest BCUT2D eigenvalue weighted by molar-refractivity contribution is 0.473. The number of rotatable bonds is 1. The van der Waals surface area contributed by atoms with E-state index in [4.69, 9.17) is 0 Å². The molecular weight excluding hydrogens is 176 g/mol. The molecule has 1 aromatic carbocycles. The van der Waals surface area contributed by atoms with Crippen molar-refractivity contribution in [2.24, 2.45) is 0 Å². The van der Waals surface area contributed by atoms with E-state index in [1.165, 1.54) is 5.69 Å². The quantitative estimate of drug-likeness (QED) is 0.701. The molecule has 1 aliphatic rings. The molecule has 1 unspecified atom stereocenters. The molecule has 0 radical (unpaired) electrons. The Hall–Kier alpha value is -1.22. The number of benzene rings is 1. The third-order valence-electron chi connectivity index (χ3n) is 2.58. The maximum atomic E-state index is 9.18. The number of phenolic OH excluding ortho intramolecular Hbond substituents is 1. The molecule has 0 aliphatic carbocycles. The van der Waals surface area contributed by atoms with E-state index in [-0.39, 0.29) is 0 Å². The predicted octanol–water partition coefficient (Wildman–Crippen LogP) is 1.19. The second-order valence-corrected chi connectivity index (χ2v) is 3.82. The molecule has 3 nitrogen and oxygen atoms in total. The smallest absolute Gasteiger partial charge is 0.115 e. The minimum Gasteiger partial charge on any atom is -0.508 e. The predicted molar refractivity (Wildman–Crippen MR) is 57.8 cm³/mol. The van der Waals surface area contributed by atoms with Crippen LogP contribution in [0.15, 0.2) is 24.3 Å². The van der Waals surface area contributed by atoms with Crippen LogP contribution in [0.25, 0.3) is 0 Å². The van der Waals surface area contributed by atoms with E-state index in [0.717, 1.165) is 19.6 Å². The van der Waals surface area contributed by atoms with Crippen LogP contribution in [-0.4, -0.2) is 30.8 Å². The summed E-state index contributed by atoms with van der Waals surface area (Å²) in [5, 5.41) is 12.6. The van der Waals surface area contributed by atoms with Gasteiger partial charge >= 0.3 is 0 Å². The van der Waals surface area contributed by atoms with Gasteiger partial charge in [-0.2, -0.15) is 0 Å². The summed E-state index contributed by atoms with van der Waals surface area (Å²) in [6, 6.07) is 7.95. The van der Waals surface area contributed by atoms with Crippen molar-refractivity contribution in [1.82, 2.24) is 5.32 Å². The Bertz CT molecular complexity index is 297. The van der Waals surface area contributed by atoms with Crippen LogP contribution in [-0.2, 0) is 0 Å². The maximum Gasteiger partial charge on any atom is 0.115 e. The van der Waals surface area contributed by atoms with Gasteiger partial charge in [-0.1, -0.05) is 0 Å². The Balaban J connectivity index is 2.10. The van der Waals surface area contributed by atoms with Gasteiger partial charge in [0.2, 0.25) is 0 Å². The molecule has 1 saturated heterocycles. The zero-order valence-electron chi connectivity index (χ0n) is 8.40. The monoisotopic (exact) mass is 192 g/mol. The highest BCUT2D eigenvalue weighted by atomic mass is 16.3. The molecule has 1 aromatic rings. The molecule has 2 rings (SSSR count). The fourth-order valence-electron chi connectivity index (χ4n) is 1.83. The average Bonchev–Trinajstić information content (AvgIpc) is 2.19. The Morgan fingerprint density at radius 2 is 2.07 bits per heavy atom. The number of piperazine rings is 1. The van der Waals surface area contributed by atoms with Crippen LogP contribution >= 0.6 is 0 Å². The first kappa shape index (κ1) is 9.34. The van der Waals surface area contributed by atoms with Gasteiger partial charge in [0.1, 0.15) is 5.75 Å². The normalized spacial score (nSPS) is 22.4. The van der Waals surface area contributed by atoms with Gasteiger partial charge in [0.05, 0.1) is 0 Å². The lowest BCUT2D eigenvalue weighted by Crippen LogP contribution is -2.49. The molecule has 1 atom stereocenters. The molecule has 14 heavy (non-hydrogen) atoms. The van der Waals surface area contributed by atoms with Crippen LogP contribution in [0.5, 0.6) is 5.75 Å². The second-order valence-electron chi connectivity index (χ2n) is 3.82. The Kier molecular flexibility index (Phi) is 2.59. The van der Waals surface area contributed by atoms with Crippen LogP contribution < -0.4 is 10.2 Å². The van der Waals surface area contributed by atoms with Crippen LogP contribution in [0.2, 0.25) is 0 Å². The summed E-state index contributed by atoms with van der Waals surface area (Å²) in [5.41, 5.74) is 1.19. The first-order chi connectivity index (χ1) is 6.75. The van der Waals surface area contributed by atoms with Crippen LogP contribution in [0.3, 0.4) is 0 Å². The number of nitrogens with zero attached hydrogens (tertiary/aromatic N) is 1. The summed E-state index contributed by atoms with van der Waals surface area (Å²) in [4.78, 5) is 2.33. The number of aromatic hydroxyl groups is 1. The van der Waals surface area contributed by atoms with Crippen molar-refractivity contribution < 1.29 is 5.11 Å². The molecule has 0 spiro atoms. The molecule has 0 saturated carbocycles. The lowest BCUT2D eigenvalue weighted by atomic mass is 10.2. The van der Waals surface area contributed by atoms with Crippen LogP contribution in [0.4, 0.5) is 5.69 Å². The molecule has 0 aromatic heterocycles. The van der Waals surface area contributed by atoms with Gasteiger partial charge in [-0.3, -0.25) is 0 Å². The number of nitrogens with one attached hydrogen (secondary N) is 1. The van der Waals surface area contributed by atoms with E-state index >= 15 is 0 Å². The SMILES string of the molecule is CC1CN(c2ccc(O)cc2)CCN1. The van der Waals surface area contributed by atoms with Gasteiger partial charge in [0.25, 0.3) is 0 Å². The average molecular weight is 192 g/mol. The molecular formula is C11H16N2O. The van der Waals surface area contributed by atoms with E-state index in [2.05, 4.69) is 17.1 Å². The number of hydrogen-bond donors (Lipinski definition) is 2. The fraction of sp³-hybridized carbons (Fsp3) is 0.455. The minimum atomic E-state index is 0.330. The number of phenols is 1. The second kappa shape index (κ2) is 3.88. The third kappa shape index (κ3) is 1.99. The minimum absolute atomic E-state index is 0.330. The zero-order chi connectivity index (χ0) is 9.97. The van der Waals surface area contributed by atoms with Gasteiger partial charge in [-0.05, 0) is 31.2 Å². The first-order valence-electron chi connectivity index (χ1n) is 5.03. The van der Waals surface area contributed by atoms with Gasteiger partial charge < -0.3 is 15.3 Å². The van der Waals surface area contributed by atoms with Crippen LogP contribution in [0.1, 0.15) is 6.92 Å². The van der Waals surface area contributed by atoms with Gasteiger partial charge in [-0.25, -0.2) is 0 Å². The third-order valence-corrected chi connectivity index (χ3v) is 2.58. The highest BCUT2D eigenvalue weighted by molar-refractivity contribution is 5.49.